The third-order valence-corrected chi connectivity index (χ3v) is 3.45. The van der Waals surface area contributed by atoms with Gasteiger partial charge in [0.05, 0.1) is 6.10 Å². The first-order chi connectivity index (χ1) is 8.25. The van der Waals surface area contributed by atoms with Gasteiger partial charge in [-0.25, -0.2) is 0 Å². The number of hydrogen-bond donors (Lipinski definition) is 3. The first-order valence-corrected chi connectivity index (χ1v) is 6.48. The zero-order valence-electron chi connectivity index (χ0n) is 10.4. The average Bonchev–Trinajstić information content (AvgIpc) is 2.38. The van der Waals surface area contributed by atoms with Gasteiger partial charge in [-0.3, -0.25) is 0 Å². The molecule has 2 rings (SSSR count). The summed E-state index contributed by atoms with van der Waals surface area (Å²) in [6.45, 7) is 5.13. The fourth-order valence-electron chi connectivity index (χ4n) is 2.23. The van der Waals surface area contributed by atoms with E-state index in [1.807, 2.05) is 24.3 Å². The van der Waals surface area contributed by atoms with Crippen LogP contribution in [0.2, 0.25) is 0 Å². The summed E-state index contributed by atoms with van der Waals surface area (Å²) in [7, 11) is 0. The average molecular weight is 234 g/mol. The van der Waals surface area contributed by atoms with Gasteiger partial charge >= 0.3 is 0 Å². The second-order valence-corrected chi connectivity index (χ2v) is 4.87. The maximum absolute atomic E-state index is 9.42. The Kier molecular flexibility index (Phi) is 4.40. The van der Waals surface area contributed by atoms with Crippen LogP contribution in [0.3, 0.4) is 0 Å². The van der Waals surface area contributed by atoms with Crippen molar-refractivity contribution in [2.24, 2.45) is 5.92 Å². The Bertz CT molecular complexity index is 329. The molecular formula is C14H22N2O. The van der Waals surface area contributed by atoms with Crippen LogP contribution in [-0.4, -0.2) is 24.7 Å². The van der Waals surface area contributed by atoms with E-state index in [1.165, 1.54) is 12.8 Å². The molecule has 0 amide bonds. The van der Waals surface area contributed by atoms with Crippen LogP contribution >= 0.6 is 0 Å². The lowest BCUT2D eigenvalue weighted by atomic mass is 9.98. The van der Waals surface area contributed by atoms with Crippen LogP contribution in [0.5, 0.6) is 0 Å². The first-order valence-electron chi connectivity index (χ1n) is 6.48. The van der Waals surface area contributed by atoms with Crippen molar-refractivity contribution in [1.29, 1.82) is 0 Å². The van der Waals surface area contributed by atoms with Crippen molar-refractivity contribution in [3.8, 4) is 0 Å². The molecule has 0 radical (unpaired) electrons. The third-order valence-electron chi connectivity index (χ3n) is 3.45. The fraction of sp³-hybridized carbons (Fsp3) is 0.571. The second kappa shape index (κ2) is 6.03. The van der Waals surface area contributed by atoms with Crippen molar-refractivity contribution in [2.45, 2.75) is 25.9 Å². The summed E-state index contributed by atoms with van der Waals surface area (Å²) in [5.41, 5.74) is 2.12. The van der Waals surface area contributed by atoms with E-state index in [-0.39, 0.29) is 6.10 Å². The van der Waals surface area contributed by atoms with Gasteiger partial charge in [0.15, 0.2) is 0 Å². The number of hydrogen-bond acceptors (Lipinski definition) is 3. The number of aliphatic hydroxyl groups is 1. The second-order valence-electron chi connectivity index (χ2n) is 4.87. The number of anilines is 1. The van der Waals surface area contributed by atoms with Crippen LogP contribution in [0.15, 0.2) is 24.3 Å². The summed E-state index contributed by atoms with van der Waals surface area (Å²) in [6.07, 6.45) is 2.14. The van der Waals surface area contributed by atoms with Crippen molar-refractivity contribution < 1.29 is 5.11 Å². The minimum absolute atomic E-state index is 0.381. The smallest absolute Gasteiger partial charge is 0.0761 e. The molecule has 1 fully saturated rings. The molecule has 1 atom stereocenters. The molecule has 3 heteroatoms. The van der Waals surface area contributed by atoms with Gasteiger partial charge < -0.3 is 15.7 Å². The standard InChI is InChI=1S/C14H22N2O/c1-11(17)13-2-4-14(5-3-13)16-10-12-6-8-15-9-7-12/h2-5,11-12,15-17H,6-10H2,1H3. The molecule has 1 unspecified atom stereocenters. The van der Waals surface area contributed by atoms with Crippen LogP contribution < -0.4 is 10.6 Å². The molecule has 0 aromatic heterocycles. The summed E-state index contributed by atoms with van der Waals surface area (Å²) < 4.78 is 0. The minimum atomic E-state index is -0.381. The molecule has 1 heterocycles. The summed E-state index contributed by atoms with van der Waals surface area (Å²) in [5.74, 6) is 0.785. The van der Waals surface area contributed by atoms with E-state index < -0.39 is 0 Å². The zero-order chi connectivity index (χ0) is 12.1. The number of nitrogens with one attached hydrogen (secondary N) is 2. The molecule has 1 aliphatic heterocycles. The first kappa shape index (κ1) is 12.4. The van der Waals surface area contributed by atoms with Gasteiger partial charge in [-0.2, -0.15) is 0 Å². The van der Waals surface area contributed by atoms with E-state index >= 15 is 0 Å². The predicted octanol–water partition coefficient (Wildman–Crippen LogP) is 2.15. The fourth-order valence-corrected chi connectivity index (χ4v) is 2.23. The van der Waals surface area contributed by atoms with Gasteiger partial charge in [0, 0.05) is 12.2 Å². The SMILES string of the molecule is CC(O)c1ccc(NCC2CCNCC2)cc1. The molecule has 0 aliphatic carbocycles. The Morgan fingerprint density at radius 3 is 2.53 bits per heavy atom. The molecule has 1 aromatic carbocycles. The lowest BCUT2D eigenvalue weighted by Gasteiger charge is -2.23. The number of benzene rings is 1. The Morgan fingerprint density at radius 2 is 1.94 bits per heavy atom. The molecule has 1 aliphatic rings. The van der Waals surface area contributed by atoms with Crippen molar-refractivity contribution in [3.63, 3.8) is 0 Å². The molecule has 3 N–H and O–H groups in total. The topological polar surface area (TPSA) is 44.3 Å². The Hall–Kier alpha value is -1.06. The highest BCUT2D eigenvalue weighted by Crippen LogP contribution is 2.17. The quantitative estimate of drug-likeness (QED) is 0.748. The molecule has 94 valence electrons. The highest BCUT2D eigenvalue weighted by molar-refractivity contribution is 5.44. The molecule has 17 heavy (non-hydrogen) atoms. The van der Waals surface area contributed by atoms with Crippen LogP contribution in [-0.2, 0) is 0 Å². The van der Waals surface area contributed by atoms with Gasteiger partial charge in [-0.05, 0) is 56.5 Å². The van der Waals surface area contributed by atoms with E-state index in [4.69, 9.17) is 0 Å². The van der Waals surface area contributed by atoms with Crippen molar-refractivity contribution in [3.05, 3.63) is 29.8 Å². The van der Waals surface area contributed by atoms with Crippen molar-refractivity contribution in [2.75, 3.05) is 25.0 Å². The molecule has 0 bridgehead atoms. The van der Waals surface area contributed by atoms with E-state index in [2.05, 4.69) is 10.6 Å². The molecule has 1 aromatic rings. The Morgan fingerprint density at radius 1 is 1.29 bits per heavy atom. The Labute approximate surface area is 103 Å². The number of aliphatic hydroxyl groups excluding tert-OH is 1. The lowest BCUT2D eigenvalue weighted by Crippen LogP contribution is -2.31. The maximum atomic E-state index is 9.42. The number of piperidine rings is 1. The third kappa shape index (κ3) is 3.72. The summed E-state index contributed by atoms with van der Waals surface area (Å²) in [4.78, 5) is 0. The van der Waals surface area contributed by atoms with Gasteiger partial charge in [-0.1, -0.05) is 12.1 Å². The summed E-state index contributed by atoms with van der Waals surface area (Å²) >= 11 is 0. The van der Waals surface area contributed by atoms with Crippen LogP contribution in [0.4, 0.5) is 5.69 Å². The largest absolute Gasteiger partial charge is 0.389 e. The normalized spacial score (nSPS) is 18.9. The highest BCUT2D eigenvalue weighted by Gasteiger charge is 2.12. The molecule has 0 saturated carbocycles. The van der Waals surface area contributed by atoms with E-state index in [9.17, 15) is 5.11 Å². The molecule has 0 spiro atoms. The zero-order valence-corrected chi connectivity index (χ0v) is 10.4. The minimum Gasteiger partial charge on any atom is -0.389 e. The van der Waals surface area contributed by atoms with Gasteiger partial charge in [0.2, 0.25) is 0 Å². The van der Waals surface area contributed by atoms with Crippen LogP contribution in [0.25, 0.3) is 0 Å². The van der Waals surface area contributed by atoms with Gasteiger partial charge in [0.1, 0.15) is 0 Å². The highest BCUT2D eigenvalue weighted by atomic mass is 16.3. The molecule has 1 saturated heterocycles. The predicted molar refractivity (Wildman–Crippen MR) is 71.2 cm³/mol. The summed E-state index contributed by atoms with van der Waals surface area (Å²) in [6, 6.07) is 8.05. The van der Waals surface area contributed by atoms with E-state index in [1.54, 1.807) is 6.92 Å². The summed E-state index contributed by atoms with van der Waals surface area (Å²) in [5, 5.41) is 16.3. The lowest BCUT2D eigenvalue weighted by molar-refractivity contribution is 0.199. The molecular weight excluding hydrogens is 212 g/mol. The van der Waals surface area contributed by atoms with Gasteiger partial charge in [0.25, 0.3) is 0 Å². The van der Waals surface area contributed by atoms with Crippen LogP contribution in [0.1, 0.15) is 31.4 Å². The number of rotatable bonds is 4. The maximum Gasteiger partial charge on any atom is 0.0761 e. The van der Waals surface area contributed by atoms with Crippen molar-refractivity contribution >= 4 is 5.69 Å². The van der Waals surface area contributed by atoms with E-state index in [0.717, 1.165) is 36.8 Å². The molecule has 3 nitrogen and oxygen atoms in total. The van der Waals surface area contributed by atoms with E-state index in [0.29, 0.717) is 0 Å². The van der Waals surface area contributed by atoms with Crippen LogP contribution in [0, 0.1) is 5.92 Å². The van der Waals surface area contributed by atoms with Gasteiger partial charge in [-0.15, -0.1) is 0 Å². The Balaban J connectivity index is 1.82. The van der Waals surface area contributed by atoms with Crippen molar-refractivity contribution in [1.82, 2.24) is 5.32 Å². The monoisotopic (exact) mass is 234 g/mol.